The first-order chi connectivity index (χ1) is 38.5. The van der Waals surface area contributed by atoms with E-state index in [1.54, 1.807) is 6.08 Å². The average molecular weight is 1090 g/mol. The van der Waals surface area contributed by atoms with Crippen molar-refractivity contribution in [3.63, 3.8) is 0 Å². The molecule has 0 spiro atoms. The number of aliphatic hydroxyl groups excluding tert-OH is 2. The van der Waals surface area contributed by atoms with E-state index in [-0.39, 0.29) is 18.5 Å². The Labute approximate surface area is 486 Å². The number of esters is 1. The highest BCUT2D eigenvalue weighted by atomic mass is 16.5. The lowest BCUT2D eigenvalue weighted by Crippen LogP contribution is -2.45. The van der Waals surface area contributed by atoms with Gasteiger partial charge in [-0.3, -0.25) is 9.59 Å². The minimum Gasteiger partial charge on any atom is -0.466 e. The fraction of sp³-hybridized carbons (Fsp3) is 0.833. The van der Waals surface area contributed by atoms with E-state index in [1.807, 2.05) is 6.08 Å². The summed E-state index contributed by atoms with van der Waals surface area (Å²) in [5, 5.41) is 23.3. The molecule has 0 heterocycles. The van der Waals surface area contributed by atoms with Crippen molar-refractivity contribution in [2.24, 2.45) is 0 Å². The SMILES string of the molecule is CCC/C=C\C/C=C\CCCCCCCC(=O)OCCCCCCCCCCC/C=C\C/C=C\CCCCCCCCCC(=O)NC(CO)C(O)/C=C/CCCCCCCCCCCCCCCCCCCCCCCCC. The first-order valence-electron chi connectivity index (χ1n) is 34.6. The molecule has 0 bridgehead atoms. The third-order valence-corrected chi connectivity index (χ3v) is 15.7. The fourth-order valence-electron chi connectivity index (χ4n) is 10.5. The van der Waals surface area contributed by atoms with Gasteiger partial charge in [0.05, 0.1) is 25.4 Å². The Morgan fingerprint density at radius 1 is 0.359 bits per heavy atom. The van der Waals surface area contributed by atoms with Crippen LogP contribution in [0, 0.1) is 0 Å². The molecule has 0 rings (SSSR count). The molecule has 0 aliphatic heterocycles. The summed E-state index contributed by atoms with van der Waals surface area (Å²) in [6.07, 6.45) is 88.6. The lowest BCUT2D eigenvalue weighted by molar-refractivity contribution is -0.143. The Balaban J connectivity index is 3.49. The van der Waals surface area contributed by atoms with Crippen LogP contribution in [0.3, 0.4) is 0 Å². The van der Waals surface area contributed by atoms with Gasteiger partial charge in [-0.05, 0) is 89.9 Å². The maximum Gasteiger partial charge on any atom is 0.305 e. The molecule has 6 heteroatoms. The van der Waals surface area contributed by atoms with E-state index in [0.29, 0.717) is 19.4 Å². The fourth-order valence-corrected chi connectivity index (χ4v) is 10.5. The Bertz CT molecular complexity index is 1350. The number of amides is 1. The van der Waals surface area contributed by atoms with Gasteiger partial charge in [0.2, 0.25) is 5.91 Å². The number of carbonyl (C=O) groups excluding carboxylic acids is 2. The average Bonchev–Trinajstić information content (AvgIpc) is 3.44. The van der Waals surface area contributed by atoms with E-state index in [0.717, 1.165) is 70.6 Å². The lowest BCUT2D eigenvalue weighted by atomic mass is 10.0. The highest BCUT2D eigenvalue weighted by Crippen LogP contribution is 2.18. The zero-order valence-corrected chi connectivity index (χ0v) is 52.1. The largest absolute Gasteiger partial charge is 0.466 e. The van der Waals surface area contributed by atoms with Crippen LogP contribution in [0.1, 0.15) is 361 Å². The summed E-state index contributed by atoms with van der Waals surface area (Å²) in [4.78, 5) is 24.6. The van der Waals surface area contributed by atoms with Crippen LogP contribution in [-0.2, 0) is 14.3 Å². The Hall–Kier alpha value is -2.44. The number of hydrogen-bond acceptors (Lipinski definition) is 5. The van der Waals surface area contributed by atoms with Crippen LogP contribution in [0.25, 0.3) is 0 Å². The van der Waals surface area contributed by atoms with Crippen LogP contribution in [0.2, 0.25) is 0 Å². The van der Waals surface area contributed by atoms with E-state index >= 15 is 0 Å². The quantitative estimate of drug-likeness (QED) is 0.0320. The first kappa shape index (κ1) is 75.6. The van der Waals surface area contributed by atoms with E-state index in [1.165, 1.54) is 263 Å². The van der Waals surface area contributed by atoms with Gasteiger partial charge in [0, 0.05) is 12.8 Å². The summed E-state index contributed by atoms with van der Waals surface area (Å²) >= 11 is 0. The molecule has 0 aliphatic carbocycles. The zero-order chi connectivity index (χ0) is 56.4. The standard InChI is InChI=1S/C72H133NO5/c1-3-5-7-9-11-13-15-17-18-19-20-21-22-23-25-28-31-34-37-41-44-48-52-56-60-64-70(75)69(68-74)73-71(76)65-61-57-53-49-45-42-38-35-32-29-26-24-27-30-33-36-39-43-47-51-55-59-63-67-78-72(77)66-62-58-54-50-46-40-16-14-12-10-8-6-4-2/h8,10,14,16,24,27,29,32,60,64,69-70,74-75H,3-7,9,11-13,15,17-23,25-26,28,30-31,33-59,61-63,65-68H2,1-2H3,(H,73,76)/b10-8-,16-14-,27-24-,32-29-,64-60+. The second kappa shape index (κ2) is 67.1. The van der Waals surface area contributed by atoms with Gasteiger partial charge >= 0.3 is 5.97 Å². The minimum absolute atomic E-state index is 0.00901. The molecular weight excluding hydrogens is 959 g/mol. The van der Waals surface area contributed by atoms with Gasteiger partial charge in [-0.2, -0.15) is 0 Å². The zero-order valence-electron chi connectivity index (χ0n) is 52.1. The monoisotopic (exact) mass is 1090 g/mol. The van der Waals surface area contributed by atoms with Crippen LogP contribution >= 0.6 is 0 Å². The van der Waals surface area contributed by atoms with Crippen molar-refractivity contribution in [3.05, 3.63) is 60.8 Å². The van der Waals surface area contributed by atoms with Crippen molar-refractivity contribution in [3.8, 4) is 0 Å². The van der Waals surface area contributed by atoms with Crippen molar-refractivity contribution in [2.45, 2.75) is 373 Å². The molecule has 0 saturated heterocycles. The summed E-state index contributed by atoms with van der Waals surface area (Å²) in [5.74, 6) is -0.0849. The van der Waals surface area contributed by atoms with Crippen molar-refractivity contribution in [1.29, 1.82) is 0 Å². The third kappa shape index (κ3) is 62.8. The number of unbranched alkanes of at least 4 members (excludes halogenated alkanes) is 45. The van der Waals surface area contributed by atoms with E-state index < -0.39 is 12.1 Å². The lowest BCUT2D eigenvalue weighted by Gasteiger charge is -2.20. The second-order valence-electron chi connectivity index (χ2n) is 23.5. The summed E-state index contributed by atoms with van der Waals surface area (Å²) < 4.78 is 5.46. The van der Waals surface area contributed by atoms with Crippen molar-refractivity contribution < 1.29 is 24.5 Å². The molecule has 78 heavy (non-hydrogen) atoms. The van der Waals surface area contributed by atoms with Gasteiger partial charge in [-0.25, -0.2) is 0 Å². The van der Waals surface area contributed by atoms with Crippen molar-refractivity contribution in [2.75, 3.05) is 13.2 Å². The summed E-state index contributed by atoms with van der Waals surface area (Å²) in [7, 11) is 0. The Kier molecular flexibility index (Phi) is 65.0. The molecule has 6 nitrogen and oxygen atoms in total. The van der Waals surface area contributed by atoms with Gasteiger partial charge in [0.25, 0.3) is 0 Å². The van der Waals surface area contributed by atoms with Crippen LogP contribution < -0.4 is 5.32 Å². The third-order valence-electron chi connectivity index (χ3n) is 15.7. The Morgan fingerprint density at radius 3 is 1.03 bits per heavy atom. The second-order valence-corrected chi connectivity index (χ2v) is 23.5. The maximum atomic E-state index is 12.5. The summed E-state index contributed by atoms with van der Waals surface area (Å²) in [6, 6.07) is -0.639. The predicted octanol–water partition coefficient (Wildman–Crippen LogP) is 22.3. The molecule has 0 radical (unpaired) electrons. The minimum atomic E-state index is -0.854. The molecule has 3 N–H and O–H groups in total. The molecule has 0 aliphatic rings. The Morgan fingerprint density at radius 2 is 0.667 bits per heavy atom. The van der Waals surface area contributed by atoms with Crippen LogP contribution in [0.5, 0.6) is 0 Å². The van der Waals surface area contributed by atoms with Gasteiger partial charge in [0.1, 0.15) is 0 Å². The summed E-state index contributed by atoms with van der Waals surface area (Å²) in [5.41, 5.74) is 0. The van der Waals surface area contributed by atoms with Gasteiger partial charge in [-0.1, -0.05) is 319 Å². The van der Waals surface area contributed by atoms with E-state index in [9.17, 15) is 19.8 Å². The van der Waals surface area contributed by atoms with Gasteiger partial charge in [-0.15, -0.1) is 0 Å². The number of rotatable bonds is 64. The number of aliphatic hydroxyl groups is 2. The molecular formula is C72H133NO5. The molecule has 0 aromatic carbocycles. The topological polar surface area (TPSA) is 95.9 Å². The molecule has 0 saturated carbocycles. The molecule has 456 valence electrons. The van der Waals surface area contributed by atoms with E-state index in [4.69, 9.17) is 4.74 Å². The summed E-state index contributed by atoms with van der Waals surface area (Å²) in [6.45, 7) is 4.85. The number of ether oxygens (including phenoxy) is 1. The highest BCUT2D eigenvalue weighted by Gasteiger charge is 2.18. The number of hydrogen-bond donors (Lipinski definition) is 3. The molecule has 0 aromatic heterocycles. The smallest absolute Gasteiger partial charge is 0.305 e. The highest BCUT2D eigenvalue weighted by molar-refractivity contribution is 5.76. The molecule has 1 amide bonds. The number of nitrogens with one attached hydrogen (secondary N) is 1. The molecule has 0 fully saturated rings. The normalized spacial score (nSPS) is 12.9. The molecule has 2 unspecified atom stereocenters. The van der Waals surface area contributed by atoms with Gasteiger partial charge < -0.3 is 20.3 Å². The van der Waals surface area contributed by atoms with Crippen LogP contribution in [0.15, 0.2) is 60.8 Å². The van der Waals surface area contributed by atoms with Crippen LogP contribution in [-0.4, -0.2) is 47.4 Å². The number of allylic oxidation sites excluding steroid dienone is 9. The predicted molar refractivity (Wildman–Crippen MR) is 342 cm³/mol. The van der Waals surface area contributed by atoms with Crippen molar-refractivity contribution in [1.82, 2.24) is 5.32 Å². The maximum absolute atomic E-state index is 12.5. The van der Waals surface area contributed by atoms with Gasteiger partial charge in [0.15, 0.2) is 0 Å². The van der Waals surface area contributed by atoms with Crippen molar-refractivity contribution >= 4 is 11.9 Å². The van der Waals surface area contributed by atoms with Crippen LogP contribution in [0.4, 0.5) is 0 Å². The van der Waals surface area contributed by atoms with E-state index in [2.05, 4.69) is 67.8 Å². The molecule has 0 aromatic rings. The number of carbonyl (C=O) groups is 2. The molecule has 2 atom stereocenters. The first-order valence-corrected chi connectivity index (χ1v) is 34.6.